The van der Waals surface area contributed by atoms with Crippen molar-refractivity contribution >= 4 is 23.4 Å². The Hall–Kier alpha value is -2.37. The van der Waals surface area contributed by atoms with Crippen LogP contribution < -0.4 is 10.2 Å². The zero-order valence-corrected chi connectivity index (χ0v) is 18.1. The van der Waals surface area contributed by atoms with Crippen molar-refractivity contribution in [2.75, 3.05) is 18.0 Å². The number of likely N-dealkylation sites (tertiary alicyclic amines) is 1. The summed E-state index contributed by atoms with van der Waals surface area (Å²) in [5, 5.41) is 3.10. The largest absolute Gasteiger partial charge is 0.349 e. The predicted octanol–water partition coefficient (Wildman–Crippen LogP) is 3.42. The number of hydrogen-bond donors (Lipinski definition) is 1. The molecular weight excluding hydrogens is 378 g/mol. The maximum atomic E-state index is 12.9. The molecule has 6 heteroatoms. The van der Waals surface area contributed by atoms with Crippen LogP contribution >= 0.6 is 0 Å². The summed E-state index contributed by atoms with van der Waals surface area (Å²) in [5.41, 5.74) is 1.87. The highest BCUT2D eigenvalue weighted by Crippen LogP contribution is 2.32. The van der Waals surface area contributed by atoms with Gasteiger partial charge < -0.3 is 15.1 Å². The quantitative estimate of drug-likeness (QED) is 0.807. The van der Waals surface area contributed by atoms with E-state index in [1.807, 2.05) is 41.0 Å². The van der Waals surface area contributed by atoms with Crippen LogP contribution in [0.25, 0.3) is 0 Å². The number of benzene rings is 1. The molecule has 0 spiro atoms. The van der Waals surface area contributed by atoms with Crippen LogP contribution in [0.4, 0.5) is 5.69 Å². The Morgan fingerprint density at radius 1 is 1.13 bits per heavy atom. The van der Waals surface area contributed by atoms with Crippen LogP contribution in [0.2, 0.25) is 0 Å². The van der Waals surface area contributed by atoms with Crippen molar-refractivity contribution in [2.24, 2.45) is 11.8 Å². The number of nitrogens with one attached hydrogen (secondary N) is 1. The van der Waals surface area contributed by atoms with Gasteiger partial charge in [0.1, 0.15) is 0 Å². The number of hydrogen-bond acceptors (Lipinski definition) is 3. The zero-order valence-electron chi connectivity index (χ0n) is 18.1. The monoisotopic (exact) mass is 411 g/mol. The highest BCUT2D eigenvalue weighted by atomic mass is 16.2. The van der Waals surface area contributed by atoms with E-state index in [0.29, 0.717) is 25.4 Å². The summed E-state index contributed by atoms with van der Waals surface area (Å²) < 4.78 is 0. The van der Waals surface area contributed by atoms with Gasteiger partial charge in [-0.3, -0.25) is 14.4 Å². The lowest BCUT2D eigenvalue weighted by Gasteiger charge is -2.33. The molecule has 1 N–H and O–H groups in total. The summed E-state index contributed by atoms with van der Waals surface area (Å²) >= 11 is 0. The molecule has 1 saturated carbocycles. The van der Waals surface area contributed by atoms with Crippen molar-refractivity contribution < 1.29 is 14.4 Å². The van der Waals surface area contributed by atoms with Crippen LogP contribution in [0.3, 0.4) is 0 Å². The highest BCUT2D eigenvalue weighted by Gasteiger charge is 2.39. The van der Waals surface area contributed by atoms with Gasteiger partial charge in [-0.05, 0) is 62.6 Å². The van der Waals surface area contributed by atoms with Gasteiger partial charge in [0, 0.05) is 37.7 Å². The van der Waals surface area contributed by atoms with E-state index < -0.39 is 0 Å². The minimum Gasteiger partial charge on any atom is -0.349 e. The molecule has 2 saturated heterocycles. The van der Waals surface area contributed by atoms with E-state index in [1.54, 1.807) is 0 Å². The standard InChI is InChI=1S/C24H33N3O3/c1-16-8-10-20(11-9-16)27-15-19(14-23(27)29)24(30)25-17(2)18-5-3-6-21(13-18)26-12-4-7-22(26)28/h3,5-6,13,16-17,19-20H,4,7-12,14-15H2,1-2H3,(H,25,30). The van der Waals surface area contributed by atoms with Crippen LogP contribution in [0.15, 0.2) is 24.3 Å². The molecular formula is C24H33N3O3. The van der Waals surface area contributed by atoms with Crippen LogP contribution in [-0.2, 0) is 14.4 Å². The molecule has 162 valence electrons. The molecule has 3 aliphatic rings. The van der Waals surface area contributed by atoms with Crippen LogP contribution in [0.5, 0.6) is 0 Å². The lowest BCUT2D eigenvalue weighted by molar-refractivity contribution is -0.131. The second-order valence-corrected chi connectivity index (χ2v) is 9.34. The third-order valence-electron chi connectivity index (χ3n) is 7.07. The molecule has 1 aliphatic carbocycles. The summed E-state index contributed by atoms with van der Waals surface area (Å²) in [6.07, 6.45) is 6.24. The predicted molar refractivity (Wildman–Crippen MR) is 116 cm³/mol. The van der Waals surface area contributed by atoms with Crippen molar-refractivity contribution in [3.8, 4) is 0 Å². The van der Waals surface area contributed by atoms with Gasteiger partial charge in [-0.15, -0.1) is 0 Å². The van der Waals surface area contributed by atoms with Crippen LogP contribution in [0, 0.1) is 11.8 Å². The van der Waals surface area contributed by atoms with Gasteiger partial charge in [-0.2, -0.15) is 0 Å². The van der Waals surface area contributed by atoms with Gasteiger partial charge in [0.2, 0.25) is 17.7 Å². The first kappa shape index (κ1) is 20.9. The molecule has 1 aromatic carbocycles. The van der Waals surface area contributed by atoms with Crippen molar-refractivity contribution in [3.63, 3.8) is 0 Å². The molecule has 0 aromatic heterocycles. The van der Waals surface area contributed by atoms with Gasteiger partial charge in [0.25, 0.3) is 0 Å². The van der Waals surface area contributed by atoms with Gasteiger partial charge in [0.05, 0.1) is 12.0 Å². The zero-order chi connectivity index (χ0) is 21.3. The first-order valence-electron chi connectivity index (χ1n) is 11.4. The third-order valence-corrected chi connectivity index (χ3v) is 7.07. The van der Waals surface area contributed by atoms with E-state index in [9.17, 15) is 14.4 Å². The Labute approximate surface area is 179 Å². The summed E-state index contributed by atoms with van der Waals surface area (Å²) in [5.74, 6) is 0.695. The normalized spacial score (nSPS) is 28.1. The molecule has 3 amide bonds. The average molecular weight is 412 g/mol. The van der Waals surface area contributed by atoms with Crippen molar-refractivity contribution in [1.29, 1.82) is 0 Å². The van der Waals surface area contributed by atoms with E-state index in [2.05, 4.69) is 12.2 Å². The molecule has 1 aromatic rings. The number of carbonyl (C=O) groups excluding carboxylic acids is 3. The molecule has 2 aliphatic heterocycles. The van der Waals surface area contributed by atoms with Gasteiger partial charge in [0.15, 0.2) is 0 Å². The van der Waals surface area contributed by atoms with E-state index in [-0.39, 0.29) is 29.7 Å². The number of rotatable bonds is 5. The lowest BCUT2D eigenvalue weighted by atomic mass is 9.86. The summed E-state index contributed by atoms with van der Waals surface area (Å²) in [6, 6.07) is 7.98. The van der Waals surface area contributed by atoms with Gasteiger partial charge >= 0.3 is 0 Å². The summed E-state index contributed by atoms with van der Waals surface area (Å²) in [4.78, 5) is 41.3. The Morgan fingerprint density at radius 3 is 2.60 bits per heavy atom. The molecule has 2 heterocycles. The Kier molecular flexibility index (Phi) is 6.11. The van der Waals surface area contributed by atoms with Crippen molar-refractivity contribution in [3.05, 3.63) is 29.8 Å². The van der Waals surface area contributed by atoms with Gasteiger partial charge in [-0.1, -0.05) is 19.1 Å². The minimum atomic E-state index is -0.275. The maximum Gasteiger partial charge on any atom is 0.227 e. The molecule has 6 nitrogen and oxygen atoms in total. The Bertz CT molecular complexity index is 816. The fourth-order valence-electron chi connectivity index (χ4n) is 5.11. The SMILES string of the molecule is CC1CCC(N2CC(C(=O)NC(C)c3cccc(N4CCCC4=O)c3)CC2=O)CC1. The molecule has 0 radical (unpaired) electrons. The molecule has 0 bridgehead atoms. The number of carbonyl (C=O) groups is 3. The van der Waals surface area contributed by atoms with E-state index in [4.69, 9.17) is 0 Å². The molecule has 2 unspecified atom stereocenters. The topological polar surface area (TPSA) is 69.7 Å². The summed E-state index contributed by atoms with van der Waals surface area (Å²) in [6.45, 7) is 5.52. The maximum absolute atomic E-state index is 12.9. The van der Waals surface area contributed by atoms with Crippen molar-refractivity contribution in [1.82, 2.24) is 10.2 Å². The van der Waals surface area contributed by atoms with E-state index in [1.165, 1.54) is 0 Å². The number of nitrogens with zero attached hydrogens (tertiary/aromatic N) is 2. The fraction of sp³-hybridized carbons (Fsp3) is 0.625. The highest BCUT2D eigenvalue weighted by molar-refractivity contribution is 5.95. The minimum absolute atomic E-state index is 0.0508. The molecule has 4 rings (SSSR count). The van der Waals surface area contributed by atoms with Gasteiger partial charge in [-0.25, -0.2) is 0 Å². The Balaban J connectivity index is 1.36. The van der Waals surface area contributed by atoms with E-state index in [0.717, 1.165) is 55.8 Å². The van der Waals surface area contributed by atoms with Crippen LogP contribution in [0.1, 0.15) is 70.4 Å². The van der Waals surface area contributed by atoms with Crippen LogP contribution in [-0.4, -0.2) is 41.8 Å². The van der Waals surface area contributed by atoms with E-state index >= 15 is 0 Å². The third kappa shape index (κ3) is 4.37. The second-order valence-electron chi connectivity index (χ2n) is 9.34. The number of anilines is 1. The first-order valence-corrected chi connectivity index (χ1v) is 11.4. The number of amides is 3. The fourth-order valence-corrected chi connectivity index (χ4v) is 5.11. The summed E-state index contributed by atoms with van der Waals surface area (Å²) in [7, 11) is 0. The first-order chi connectivity index (χ1) is 14.4. The molecule has 3 fully saturated rings. The lowest BCUT2D eigenvalue weighted by Crippen LogP contribution is -2.40. The second kappa shape index (κ2) is 8.78. The smallest absolute Gasteiger partial charge is 0.227 e. The Morgan fingerprint density at radius 2 is 1.90 bits per heavy atom. The molecule has 30 heavy (non-hydrogen) atoms. The molecule has 2 atom stereocenters. The average Bonchev–Trinajstić information content (AvgIpc) is 3.34. The van der Waals surface area contributed by atoms with Crippen molar-refractivity contribution in [2.45, 2.75) is 70.9 Å².